The summed E-state index contributed by atoms with van der Waals surface area (Å²) in [4.78, 5) is 39.0. The lowest BCUT2D eigenvalue weighted by atomic mass is 9.93. The number of aromatic nitrogens is 4. The van der Waals surface area contributed by atoms with Crippen LogP contribution in [0.2, 0.25) is 5.02 Å². The predicted octanol–water partition coefficient (Wildman–Crippen LogP) is 3.33. The lowest BCUT2D eigenvalue weighted by Crippen LogP contribution is -2.63. The Morgan fingerprint density at radius 3 is 2.61 bits per heavy atom. The highest BCUT2D eigenvalue weighted by atomic mass is 35.5. The SMILES string of the molecule is CC1(C)N=C(N2CCN(C(=O)C(N)CCCCN3CCCCC3)[C@H](C(=O)NCc3cc(Cl)ccc3-n3cnnn3)C2)OC1c1ccccc1. The maximum atomic E-state index is 14.1. The van der Waals surface area contributed by atoms with Crippen molar-refractivity contribution in [3.63, 3.8) is 0 Å². The number of amidine groups is 1. The van der Waals surface area contributed by atoms with Crippen molar-refractivity contribution in [2.75, 3.05) is 39.3 Å². The predicted molar refractivity (Wildman–Crippen MR) is 187 cm³/mol. The normalized spacial score (nSPS) is 21.6. The summed E-state index contributed by atoms with van der Waals surface area (Å²) in [6, 6.07) is 14.3. The highest BCUT2D eigenvalue weighted by Crippen LogP contribution is 2.38. The molecular formula is C35H47ClN10O3. The third kappa shape index (κ3) is 8.39. The van der Waals surface area contributed by atoms with Crippen molar-refractivity contribution >= 4 is 29.4 Å². The summed E-state index contributed by atoms with van der Waals surface area (Å²) in [5.41, 5.74) is 8.44. The fraction of sp³-hybridized carbons (Fsp3) is 0.543. The zero-order chi connectivity index (χ0) is 34.4. The number of carbonyl (C=O) groups excluding carboxylic acids is 2. The summed E-state index contributed by atoms with van der Waals surface area (Å²) in [6.45, 7) is 8.55. The van der Waals surface area contributed by atoms with Gasteiger partial charge >= 0.3 is 0 Å². The molecule has 2 saturated heterocycles. The van der Waals surface area contributed by atoms with E-state index in [0.29, 0.717) is 36.2 Å². The number of nitrogens with two attached hydrogens (primary N) is 1. The van der Waals surface area contributed by atoms with Gasteiger partial charge in [0.1, 0.15) is 17.9 Å². The Bertz CT molecular complexity index is 1600. The van der Waals surface area contributed by atoms with Crippen LogP contribution in [0.25, 0.3) is 5.69 Å². The van der Waals surface area contributed by atoms with Gasteiger partial charge in [-0.25, -0.2) is 9.67 Å². The number of nitrogens with zero attached hydrogens (tertiary/aromatic N) is 8. The molecule has 3 aliphatic heterocycles. The number of halogens is 1. The van der Waals surface area contributed by atoms with E-state index in [0.717, 1.165) is 43.6 Å². The van der Waals surface area contributed by atoms with E-state index in [1.807, 2.05) is 49.1 Å². The minimum absolute atomic E-state index is 0.149. The van der Waals surface area contributed by atoms with Crippen LogP contribution in [0.15, 0.2) is 59.9 Å². The maximum Gasteiger partial charge on any atom is 0.288 e. The van der Waals surface area contributed by atoms with E-state index in [2.05, 4.69) is 25.7 Å². The van der Waals surface area contributed by atoms with E-state index in [1.165, 1.54) is 30.3 Å². The second-order valence-electron chi connectivity index (χ2n) is 13.7. The minimum Gasteiger partial charge on any atom is -0.454 e. The summed E-state index contributed by atoms with van der Waals surface area (Å²) in [5, 5.41) is 15.0. The molecule has 0 aliphatic carbocycles. The fourth-order valence-corrected chi connectivity index (χ4v) is 7.18. The van der Waals surface area contributed by atoms with Gasteiger partial charge in [0.2, 0.25) is 11.8 Å². The molecule has 1 aromatic heterocycles. The highest BCUT2D eigenvalue weighted by Gasteiger charge is 2.44. The molecule has 262 valence electrons. The number of nitrogens with one attached hydrogen (secondary N) is 1. The molecule has 49 heavy (non-hydrogen) atoms. The monoisotopic (exact) mass is 690 g/mol. The summed E-state index contributed by atoms with van der Waals surface area (Å²) in [6.07, 6.45) is 7.45. The molecule has 3 N–H and O–H groups in total. The molecule has 4 heterocycles. The molecule has 3 atom stereocenters. The third-order valence-corrected chi connectivity index (χ3v) is 9.92. The molecule has 0 radical (unpaired) electrons. The molecule has 0 saturated carbocycles. The first kappa shape index (κ1) is 34.8. The second kappa shape index (κ2) is 15.6. The number of piperidine rings is 1. The summed E-state index contributed by atoms with van der Waals surface area (Å²) < 4.78 is 7.98. The van der Waals surface area contributed by atoms with Gasteiger partial charge in [-0.3, -0.25) is 9.59 Å². The smallest absolute Gasteiger partial charge is 0.288 e. The van der Waals surface area contributed by atoms with Crippen molar-refractivity contribution in [2.45, 2.75) is 82.6 Å². The number of unbranched alkanes of at least 4 members (excludes halogenated alkanes) is 1. The average molecular weight is 691 g/mol. The second-order valence-corrected chi connectivity index (χ2v) is 14.1. The average Bonchev–Trinajstić information content (AvgIpc) is 3.77. The number of rotatable bonds is 11. The summed E-state index contributed by atoms with van der Waals surface area (Å²) in [7, 11) is 0. The van der Waals surface area contributed by atoms with E-state index in [4.69, 9.17) is 27.1 Å². The fourth-order valence-electron chi connectivity index (χ4n) is 6.99. The van der Waals surface area contributed by atoms with Crippen LogP contribution in [0, 0.1) is 0 Å². The molecule has 14 heteroatoms. The number of likely N-dealkylation sites (tertiary alicyclic amines) is 1. The van der Waals surface area contributed by atoms with Crippen LogP contribution < -0.4 is 11.1 Å². The lowest BCUT2D eigenvalue weighted by Gasteiger charge is -2.41. The molecule has 13 nitrogen and oxygen atoms in total. The van der Waals surface area contributed by atoms with E-state index < -0.39 is 17.6 Å². The van der Waals surface area contributed by atoms with Gasteiger partial charge in [-0.05, 0) is 98.9 Å². The summed E-state index contributed by atoms with van der Waals surface area (Å²) >= 11 is 6.33. The van der Waals surface area contributed by atoms with E-state index in [1.54, 1.807) is 23.1 Å². The molecule has 0 spiro atoms. The number of benzene rings is 2. The van der Waals surface area contributed by atoms with Crippen molar-refractivity contribution in [1.29, 1.82) is 0 Å². The molecule has 6 rings (SSSR count). The summed E-state index contributed by atoms with van der Waals surface area (Å²) in [5.74, 6) is -0.526. The lowest BCUT2D eigenvalue weighted by molar-refractivity contribution is -0.144. The van der Waals surface area contributed by atoms with Crippen molar-refractivity contribution in [3.8, 4) is 5.69 Å². The highest BCUT2D eigenvalue weighted by molar-refractivity contribution is 6.30. The molecule has 0 bridgehead atoms. The van der Waals surface area contributed by atoms with Crippen LogP contribution in [0.1, 0.15) is 69.6 Å². The molecule has 2 aromatic carbocycles. The maximum absolute atomic E-state index is 14.1. The molecule has 3 aromatic rings. The Balaban J connectivity index is 1.16. The zero-order valence-electron chi connectivity index (χ0n) is 28.4. The first-order valence-corrected chi connectivity index (χ1v) is 17.7. The largest absolute Gasteiger partial charge is 0.454 e. The van der Waals surface area contributed by atoms with Gasteiger partial charge < -0.3 is 30.5 Å². The van der Waals surface area contributed by atoms with Crippen molar-refractivity contribution in [3.05, 3.63) is 71.0 Å². The van der Waals surface area contributed by atoms with Crippen LogP contribution in [0.3, 0.4) is 0 Å². The first-order valence-electron chi connectivity index (χ1n) is 17.3. The van der Waals surface area contributed by atoms with Crippen molar-refractivity contribution in [1.82, 2.24) is 40.2 Å². The van der Waals surface area contributed by atoms with Crippen molar-refractivity contribution < 1.29 is 14.3 Å². The van der Waals surface area contributed by atoms with Gasteiger partial charge in [-0.1, -0.05) is 54.8 Å². The van der Waals surface area contributed by atoms with Gasteiger partial charge in [-0.15, -0.1) is 5.10 Å². The Kier molecular flexibility index (Phi) is 11.1. The topological polar surface area (TPSA) is 147 Å². The third-order valence-electron chi connectivity index (χ3n) is 9.68. The number of ether oxygens (including phenoxy) is 1. The molecule has 2 fully saturated rings. The van der Waals surface area contributed by atoms with Crippen molar-refractivity contribution in [2.24, 2.45) is 10.7 Å². The van der Waals surface area contributed by atoms with E-state index in [-0.39, 0.29) is 31.0 Å². The number of hydrogen-bond donors (Lipinski definition) is 2. The molecule has 2 amide bonds. The Hall–Kier alpha value is -4.07. The number of hydrogen-bond acceptors (Lipinski definition) is 10. The number of aliphatic imine (C=N–C) groups is 1. The number of piperazine rings is 1. The molecule has 2 unspecified atom stereocenters. The van der Waals surface area contributed by atoms with E-state index in [9.17, 15) is 9.59 Å². The van der Waals surface area contributed by atoms with Crippen LogP contribution >= 0.6 is 11.6 Å². The van der Waals surface area contributed by atoms with Gasteiger partial charge in [0.15, 0.2) is 6.10 Å². The van der Waals surface area contributed by atoms with Gasteiger partial charge in [-0.2, -0.15) is 0 Å². The minimum atomic E-state index is -0.818. The quantitative estimate of drug-likeness (QED) is 0.289. The Morgan fingerprint density at radius 1 is 1.06 bits per heavy atom. The van der Waals surface area contributed by atoms with Crippen LogP contribution in [0.4, 0.5) is 0 Å². The molecule has 3 aliphatic rings. The number of tetrazole rings is 1. The Labute approximate surface area is 292 Å². The van der Waals surface area contributed by atoms with Gasteiger partial charge in [0.05, 0.1) is 18.3 Å². The number of amides is 2. The standard InChI is InChI=1S/C35H47ClN10O3/c1-35(2)31(25-11-5-3-6-12-25)49-34(40-35)44-19-20-45(33(48)28(37)13-7-10-18-43-16-8-4-9-17-43)30(23-44)32(47)38-22-26-21-27(36)14-15-29(26)46-24-39-41-42-46/h3,5-6,11-12,14-15,21,24,28,30-31H,4,7-10,13,16-20,22-23,37H2,1-2H3,(H,38,47)/t28?,30-,31?/m0/s1. The molecular weight excluding hydrogens is 644 g/mol. The van der Waals surface area contributed by atoms with Gasteiger partial charge in [0.25, 0.3) is 6.02 Å². The van der Waals surface area contributed by atoms with Crippen LogP contribution in [-0.4, -0.2) is 110 Å². The number of carbonyl (C=O) groups is 2. The first-order chi connectivity index (χ1) is 23.7. The van der Waals surface area contributed by atoms with Crippen LogP contribution in [-0.2, 0) is 20.9 Å². The zero-order valence-corrected chi connectivity index (χ0v) is 29.1. The van der Waals surface area contributed by atoms with Gasteiger partial charge in [0, 0.05) is 24.7 Å². The van der Waals surface area contributed by atoms with E-state index >= 15 is 0 Å². The Morgan fingerprint density at radius 2 is 1.86 bits per heavy atom. The van der Waals surface area contributed by atoms with Crippen LogP contribution in [0.5, 0.6) is 0 Å².